The topological polar surface area (TPSA) is 98.0 Å². The molecule has 0 bridgehead atoms. The van der Waals surface area contributed by atoms with Gasteiger partial charge in [-0.3, -0.25) is 4.79 Å². The minimum atomic E-state index is -1.35. The Kier molecular flexibility index (Phi) is 4.20. The van der Waals surface area contributed by atoms with Gasteiger partial charge < -0.3 is 20.4 Å². The quantitative estimate of drug-likeness (QED) is 0.596. The Morgan fingerprint density at radius 1 is 1.23 bits per heavy atom. The highest BCUT2D eigenvalue weighted by atomic mass is 16.4. The molecule has 0 heterocycles. The Balaban J connectivity index is 1.72. The lowest BCUT2D eigenvalue weighted by Crippen LogP contribution is -2.63. The molecule has 4 N–H and O–H groups in total. The molecule has 4 aliphatic carbocycles. The summed E-state index contributed by atoms with van der Waals surface area (Å²) < 4.78 is 0. The van der Waals surface area contributed by atoms with E-state index in [1.54, 1.807) is 0 Å². The molecule has 4 rings (SSSR count). The van der Waals surface area contributed by atoms with E-state index >= 15 is 0 Å². The molecule has 0 saturated heterocycles. The first-order valence-corrected chi connectivity index (χ1v) is 10.1. The molecule has 146 valence electrons. The lowest BCUT2D eigenvalue weighted by molar-refractivity contribution is -0.207. The van der Waals surface area contributed by atoms with Gasteiger partial charge in [-0.1, -0.05) is 19.4 Å². The molecular weight excluding hydrogens is 332 g/mol. The number of allylic oxidation sites excluding steroid dienone is 1. The molecule has 0 aromatic carbocycles. The van der Waals surface area contributed by atoms with Crippen molar-refractivity contribution >= 4 is 5.78 Å². The minimum absolute atomic E-state index is 0.0993. The number of hydrogen-bond donors (Lipinski definition) is 4. The van der Waals surface area contributed by atoms with Gasteiger partial charge in [-0.25, -0.2) is 0 Å². The number of aliphatic hydroxyl groups excluding tert-OH is 3. The molecule has 0 aliphatic heterocycles. The van der Waals surface area contributed by atoms with E-state index in [1.807, 2.05) is 13.0 Å². The van der Waals surface area contributed by atoms with Crippen molar-refractivity contribution in [3.8, 4) is 0 Å². The Bertz CT molecular complexity index is 644. The highest BCUT2D eigenvalue weighted by Gasteiger charge is 2.67. The third-order valence-corrected chi connectivity index (χ3v) is 8.84. The summed E-state index contributed by atoms with van der Waals surface area (Å²) in [6, 6.07) is 0. The Labute approximate surface area is 155 Å². The predicted molar refractivity (Wildman–Crippen MR) is 96.1 cm³/mol. The number of carbonyl (C=O) groups excluding carboxylic acids is 1. The summed E-state index contributed by atoms with van der Waals surface area (Å²) in [6.45, 7) is 3.73. The van der Waals surface area contributed by atoms with Crippen LogP contribution in [0.5, 0.6) is 0 Å². The maximum atomic E-state index is 11.9. The van der Waals surface area contributed by atoms with E-state index in [4.69, 9.17) is 0 Å². The second-order valence-electron chi connectivity index (χ2n) is 9.74. The number of hydrogen-bond acceptors (Lipinski definition) is 5. The normalized spacial score (nSPS) is 51.9. The number of ketones is 1. The van der Waals surface area contributed by atoms with Crippen LogP contribution in [0.2, 0.25) is 0 Å². The summed E-state index contributed by atoms with van der Waals surface area (Å²) in [6.07, 6.45) is 4.92. The predicted octanol–water partition coefficient (Wildman–Crippen LogP) is 1.57. The van der Waals surface area contributed by atoms with E-state index in [-0.39, 0.29) is 29.0 Å². The first-order chi connectivity index (χ1) is 12.2. The highest BCUT2D eigenvalue weighted by Crippen LogP contribution is 2.67. The zero-order chi connectivity index (χ0) is 18.9. The molecule has 0 amide bonds. The van der Waals surface area contributed by atoms with Gasteiger partial charge in [0.25, 0.3) is 0 Å². The average Bonchev–Trinajstić information content (AvgIpc) is 2.86. The SMILES string of the molecule is CC12CCC(=O)C=C1CCC1C2[C@@H](O)CC2(C)C1CC[C@]2(O)[C@H](O)CO. The monoisotopic (exact) mass is 364 g/mol. The fourth-order valence-corrected chi connectivity index (χ4v) is 7.42. The van der Waals surface area contributed by atoms with Crippen LogP contribution in [0.25, 0.3) is 0 Å². The molecule has 5 unspecified atom stereocenters. The van der Waals surface area contributed by atoms with E-state index in [1.165, 1.54) is 5.57 Å². The van der Waals surface area contributed by atoms with Crippen LogP contribution in [0.1, 0.15) is 58.8 Å². The molecule has 26 heavy (non-hydrogen) atoms. The van der Waals surface area contributed by atoms with Gasteiger partial charge in [-0.2, -0.15) is 0 Å². The number of carbonyl (C=O) groups is 1. The van der Waals surface area contributed by atoms with E-state index in [0.29, 0.717) is 19.3 Å². The van der Waals surface area contributed by atoms with Crippen molar-refractivity contribution in [1.82, 2.24) is 0 Å². The smallest absolute Gasteiger partial charge is 0.155 e. The third kappa shape index (κ3) is 2.20. The van der Waals surface area contributed by atoms with E-state index in [9.17, 15) is 25.2 Å². The molecule has 8 atom stereocenters. The van der Waals surface area contributed by atoms with Crippen molar-refractivity contribution in [3.05, 3.63) is 11.6 Å². The van der Waals surface area contributed by atoms with Crippen molar-refractivity contribution in [2.75, 3.05) is 6.61 Å². The summed E-state index contributed by atoms with van der Waals surface area (Å²) in [5.74, 6) is 0.798. The van der Waals surface area contributed by atoms with Crippen LogP contribution in [-0.4, -0.2) is 50.6 Å². The standard InChI is InChI=1S/C21H32O5/c1-19-7-5-13(23)9-12(19)3-4-14-15-6-8-21(26,17(25)11-22)20(15,2)10-16(24)18(14)19/h9,14-18,22,24-26H,3-8,10-11H2,1-2H3/t14?,15?,16-,17+,18?,19?,20?,21-/m0/s1. The molecule has 3 saturated carbocycles. The summed E-state index contributed by atoms with van der Waals surface area (Å²) in [7, 11) is 0. The minimum Gasteiger partial charge on any atom is -0.394 e. The summed E-state index contributed by atoms with van der Waals surface area (Å²) >= 11 is 0. The van der Waals surface area contributed by atoms with Crippen molar-refractivity contribution in [3.63, 3.8) is 0 Å². The van der Waals surface area contributed by atoms with Gasteiger partial charge in [-0.05, 0) is 67.8 Å². The fraction of sp³-hybridized carbons (Fsp3) is 0.857. The van der Waals surface area contributed by atoms with Crippen molar-refractivity contribution < 1.29 is 25.2 Å². The highest BCUT2D eigenvalue weighted by molar-refractivity contribution is 5.91. The van der Waals surface area contributed by atoms with Crippen LogP contribution in [0.4, 0.5) is 0 Å². The Morgan fingerprint density at radius 3 is 2.65 bits per heavy atom. The average molecular weight is 364 g/mol. The molecule has 0 aromatic heterocycles. The van der Waals surface area contributed by atoms with Gasteiger partial charge in [0, 0.05) is 11.8 Å². The Hall–Kier alpha value is -0.750. The van der Waals surface area contributed by atoms with Gasteiger partial charge in [0.2, 0.25) is 0 Å². The number of rotatable bonds is 2. The first kappa shape index (κ1) is 18.6. The molecule has 5 nitrogen and oxygen atoms in total. The van der Waals surface area contributed by atoms with Gasteiger partial charge >= 0.3 is 0 Å². The van der Waals surface area contributed by atoms with Crippen LogP contribution in [0.3, 0.4) is 0 Å². The number of fused-ring (bicyclic) bond motifs is 5. The van der Waals surface area contributed by atoms with Crippen LogP contribution in [-0.2, 0) is 4.79 Å². The summed E-state index contributed by atoms with van der Waals surface area (Å²) in [5, 5.41) is 42.3. The van der Waals surface area contributed by atoms with Crippen LogP contribution in [0.15, 0.2) is 11.6 Å². The lowest BCUT2D eigenvalue weighted by atomic mass is 9.45. The zero-order valence-electron chi connectivity index (χ0n) is 15.8. The Morgan fingerprint density at radius 2 is 1.96 bits per heavy atom. The maximum Gasteiger partial charge on any atom is 0.155 e. The van der Waals surface area contributed by atoms with E-state index in [0.717, 1.165) is 25.7 Å². The van der Waals surface area contributed by atoms with Crippen LogP contribution < -0.4 is 0 Å². The summed E-state index contributed by atoms with van der Waals surface area (Å²) in [5.41, 5.74) is -0.898. The van der Waals surface area contributed by atoms with E-state index < -0.39 is 29.8 Å². The third-order valence-electron chi connectivity index (χ3n) is 8.84. The van der Waals surface area contributed by atoms with Crippen LogP contribution >= 0.6 is 0 Å². The molecule has 0 aromatic rings. The molecule has 4 aliphatic rings. The van der Waals surface area contributed by atoms with Gasteiger partial charge in [0.1, 0.15) is 6.10 Å². The van der Waals surface area contributed by atoms with Gasteiger partial charge in [-0.15, -0.1) is 0 Å². The molecule has 5 heteroatoms. The van der Waals surface area contributed by atoms with E-state index in [2.05, 4.69) is 6.92 Å². The molecule has 0 radical (unpaired) electrons. The molecule has 3 fully saturated rings. The maximum absolute atomic E-state index is 11.9. The second kappa shape index (κ2) is 5.87. The first-order valence-electron chi connectivity index (χ1n) is 10.1. The zero-order valence-corrected chi connectivity index (χ0v) is 15.8. The summed E-state index contributed by atoms with van der Waals surface area (Å²) in [4.78, 5) is 11.9. The van der Waals surface area contributed by atoms with Crippen molar-refractivity contribution in [2.24, 2.45) is 28.6 Å². The lowest BCUT2D eigenvalue weighted by Gasteiger charge is -2.61. The van der Waals surface area contributed by atoms with Crippen molar-refractivity contribution in [2.45, 2.75) is 76.6 Å². The second-order valence-corrected chi connectivity index (χ2v) is 9.74. The number of aliphatic hydroxyl groups is 4. The van der Waals surface area contributed by atoms with Crippen LogP contribution in [0, 0.1) is 28.6 Å². The van der Waals surface area contributed by atoms with Gasteiger partial charge in [0.05, 0.1) is 18.3 Å². The van der Waals surface area contributed by atoms with Crippen molar-refractivity contribution in [1.29, 1.82) is 0 Å². The largest absolute Gasteiger partial charge is 0.394 e. The molecular formula is C21H32O5. The fourth-order valence-electron chi connectivity index (χ4n) is 7.42. The molecule has 0 spiro atoms. The van der Waals surface area contributed by atoms with Gasteiger partial charge in [0.15, 0.2) is 5.78 Å².